The first-order chi connectivity index (χ1) is 6.65. The number of aryl methyl sites for hydroxylation is 3. The summed E-state index contributed by atoms with van der Waals surface area (Å²) in [5, 5.41) is 4.00. The van der Waals surface area contributed by atoms with Gasteiger partial charge < -0.3 is 0 Å². The number of nitrogens with zero attached hydrogens (tertiary/aromatic N) is 1. The largest absolute Gasteiger partial charge is 0.286 e. The van der Waals surface area contributed by atoms with Crippen LogP contribution in [0.1, 0.15) is 22.3 Å². The number of hydrogen-bond donors (Lipinski definition) is 1. The van der Waals surface area contributed by atoms with E-state index in [0.29, 0.717) is 0 Å². The Morgan fingerprint density at radius 1 is 1.14 bits per heavy atom. The van der Waals surface area contributed by atoms with Crippen molar-refractivity contribution in [3.63, 3.8) is 0 Å². The molecule has 2 nitrogen and oxygen atoms in total. The van der Waals surface area contributed by atoms with E-state index in [1.54, 1.807) is 6.20 Å². The minimum Gasteiger partial charge on any atom is -0.286 e. The van der Waals surface area contributed by atoms with Crippen LogP contribution in [0.25, 0.3) is 0 Å². The fourth-order valence-corrected chi connectivity index (χ4v) is 1.28. The van der Waals surface area contributed by atoms with Crippen LogP contribution in [0.5, 0.6) is 0 Å². The Morgan fingerprint density at radius 3 is 2.43 bits per heavy atom. The molecule has 1 rings (SSSR count). The summed E-state index contributed by atoms with van der Waals surface area (Å²) < 4.78 is 0. The lowest BCUT2D eigenvalue weighted by Crippen LogP contribution is -1.96. The summed E-state index contributed by atoms with van der Waals surface area (Å²) in [5.41, 5.74) is 7.67. The molecule has 0 aromatic heterocycles. The van der Waals surface area contributed by atoms with Gasteiger partial charge in [-0.05, 0) is 49.1 Å². The molecule has 0 saturated carbocycles. The van der Waals surface area contributed by atoms with E-state index in [4.69, 9.17) is 0 Å². The molecule has 0 aliphatic heterocycles. The zero-order chi connectivity index (χ0) is 10.6. The Labute approximate surface area is 85.3 Å². The van der Waals surface area contributed by atoms with Crippen LogP contribution in [-0.4, -0.2) is 6.21 Å². The van der Waals surface area contributed by atoms with Crippen molar-refractivity contribution in [2.45, 2.75) is 20.8 Å². The molecule has 1 aromatic rings. The number of rotatable bonds is 3. The van der Waals surface area contributed by atoms with Crippen LogP contribution in [-0.2, 0) is 0 Å². The quantitative estimate of drug-likeness (QED) is 0.572. The Hall–Kier alpha value is -1.57. The molecule has 0 spiro atoms. The molecular weight excluding hydrogens is 172 g/mol. The molecule has 0 atom stereocenters. The molecule has 1 aromatic carbocycles. The third-order valence-corrected chi connectivity index (χ3v) is 2.25. The first kappa shape index (κ1) is 10.5. The molecule has 0 radical (unpaired) electrons. The third-order valence-electron chi connectivity index (χ3n) is 2.25. The molecule has 14 heavy (non-hydrogen) atoms. The fraction of sp³-hybridized carbons (Fsp3) is 0.250. The number of nitrogens with one attached hydrogen (secondary N) is 1. The molecule has 0 fully saturated rings. The topological polar surface area (TPSA) is 24.4 Å². The highest BCUT2D eigenvalue weighted by molar-refractivity contribution is 5.82. The zero-order valence-corrected chi connectivity index (χ0v) is 8.96. The lowest BCUT2D eigenvalue weighted by atomic mass is 10.0. The van der Waals surface area contributed by atoms with Gasteiger partial charge >= 0.3 is 0 Å². The van der Waals surface area contributed by atoms with E-state index in [1.165, 1.54) is 16.7 Å². The summed E-state index contributed by atoms with van der Waals surface area (Å²) in [5.74, 6) is 0. The van der Waals surface area contributed by atoms with E-state index in [1.807, 2.05) is 6.21 Å². The zero-order valence-electron chi connectivity index (χ0n) is 8.96. The summed E-state index contributed by atoms with van der Waals surface area (Å²) in [6, 6.07) is 4.31. The van der Waals surface area contributed by atoms with Crippen LogP contribution < -0.4 is 5.43 Å². The lowest BCUT2D eigenvalue weighted by molar-refractivity contribution is 0.979. The van der Waals surface area contributed by atoms with Crippen LogP contribution in [0, 0.1) is 20.8 Å². The van der Waals surface area contributed by atoms with Crippen molar-refractivity contribution in [3.05, 3.63) is 47.2 Å². The van der Waals surface area contributed by atoms with E-state index >= 15 is 0 Å². The van der Waals surface area contributed by atoms with E-state index in [2.05, 4.69) is 50.0 Å². The average molecular weight is 188 g/mol. The summed E-state index contributed by atoms with van der Waals surface area (Å²) in [6.45, 7) is 9.83. The second-order valence-corrected chi connectivity index (χ2v) is 3.38. The van der Waals surface area contributed by atoms with Gasteiger partial charge in [-0.1, -0.05) is 12.6 Å². The fourth-order valence-electron chi connectivity index (χ4n) is 1.28. The van der Waals surface area contributed by atoms with Gasteiger partial charge in [0.25, 0.3) is 0 Å². The highest BCUT2D eigenvalue weighted by atomic mass is 15.3. The summed E-state index contributed by atoms with van der Waals surface area (Å²) in [7, 11) is 0. The summed E-state index contributed by atoms with van der Waals surface area (Å²) in [4.78, 5) is 0. The van der Waals surface area contributed by atoms with Crippen LogP contribution in [0.4, 0.5) is 0 Å². The predicted molar refractivity (Wildman–Crippen MR) is 61.6 cm³/mol. The van der Waals surface area contributed by atoms with Crippen molar-refractivity contribution < 1.29 is 0 Å². The van der Waals surface area contributed by atoms with E-state index in [-0.39, 0.29) is 0 Å². The average Bonchev–Trinajstić information content (AvgIpc) is 2.14. The van der Waals surface area contributed by atoms with Gasteiger partial charge in [0, 0.05) is 6.20 Å². The van der Waals surface area contributed by atoms with Gasteiger partial charge in [-0.25, -0.2) is 0 Å². The molecule has 0 aliphatic carbocycles. The predicted octanol–water partition coefficient (Wildman–Crippen LogP) is 2.68. The standard InChI is InChI=1S/C12H16N2/c1-5-13-14-8-12-7-10(3)9(2)6-11(12)4/h5-8,13H,1H2,2-4H3/b14-8+. The van der Waals surface area contributed by atoms with Crippen molar-refractivity contribution in [3.8, 4) is 0 Å². The van der Waals surface area contributed by atoms with Crippen LogP contribution in [0.3, 0.4) is 0 Å². The molecule has 74 valence electrons. The SMILES string of the molecule is C=CN/N=C/c1cc(C)c(C)cc1C. The molecule has 0 aliphatic rings. The number of hydrogen-bond acceptors (Lipinski definition) is 2. The minimum absolute atomic E-state index is 1.14. The molecule has 0 heterocycles. The van der Waals surface area contributed by atoms with Crippen molar-refractivity contribution in [2.75, 3.05) is 0 Å². The maximum absolute atomic E-state index is 4.00. The molecule has 0 bridgehead atoms. The summed E-state index contributed by atoms with van der Waals surface area (Å²) in [6.07, 6.45) is 3.36. The van der Waals surface area contributed by atoms with Crippen LogP contribution >= 0.6 is 0 Å². The Bertz CT molecular complexity index is 365. The molecule has 0 amide bonds. The normalized spacial score (nSPS) is 10.5. The van der Waals surface area contributed by atoms with Gasteiger partial charge in [0.2, 0.25) is 0 Å². The Morgan fingerprint density at radius 2 is 1.79 bits per heavy atom. The van der Waals surface area contributed by atoms with Crippen molar-refractivity contribution in [1.29, 1.82) is 0 Å². The number of hydrazone groups is 1. The molecule has 0 unspecified atom stereocenters. The van der Waals surface area contributed by atoms with Crippen LogP contribution in [0.15, 0.2) is 30.0 Å². The minimum atomic E-state index is 1.14. The van der Waals surface area contributed by atoms with Gasteiger partial charge in [-0.15, -0.1) is 0 Å². The lowest BCUT2D eigenvalue weighted by Gasteiger charge is -2.05. The number of benzene rings is 1. The van der Waals surface area contributed by atoms with E-state index in [0.717, 1.165) is 5.56 Å². The molecular formula is C12H16N2. The van der Waals surface area contributed by atoms with E-state index < -0.39 is 0 Å². The van der Waals surface area contributed by atoms with Gasteiger partial charge in [-0.2, -0.15) is 5.10 Å². The highest BCUT2D eigenvalue weighted by Crippen LogP contribution is 2.13. The van der Waals surface area contributed by atoms with E-state index in [9.17, 15) is 0 Å². The monoisotopic (exact) mass is 188 g/mol. The van der Waals surface area contributed by atoms with Gasteiger partial charge in [0.05, 0.1) is 6.21 Å². The Balaban J connectivity index is 2.97. The maximum atomic E-state index is 4.00. The molecule has 2 heteroatoms. The second kappa shape index (κ2) is 4.61. The highest BCUT2D eigenvalue weighted by Gasteiger charge is 1.98. The first-order valence-corrected chi connectivity index (χ1v) is 4.62. The Kier molecular flexibility index (Phi) is 3.46. The van der Waals surface area contributed by atoms with Crippen LogP contribution in [0.2, 0.25) is 0 Å². The van der Waals surface area contributed by atoms with Gasteiger partial charge in [0.1, 0.15) is 0 Å². The van der Waals surface area contributed by atoms with Crippen molar-refractivity contribution >= 4 is 6.21 Å². The maximum Gasteiger partial charge on any atom is 0.0547 e. The smallest absolute Gasteiger partial charge is 0.0547 e. The molecule has 1 N–H and O–H groups in total. The van der Waals surface area contributed by atoms with Crippen molar-refractivity contribution in [2.24, 2.45) is 5.10 Å². The van der Waals surface area contributed by atoms with Gasteiger partial charge in [-0.3, -0.25) is 5.43 Å². The van der Waals surface area contributed by atoms with Crippen molar-refractivity contribution in [1.82, 2.24) is 5.43 Å². The second-order valence-electron chi connectivity index (χ2n) is 3.38. The van der Waals surface area contributed by atoms with Gasteiger partial charge in [0.15, 0.2) is 0 Å². The first-order valence-electron chi connectivity index (χ1n) is 4.62. The molecule has 0 saturated heterocycles. The third kappa shape index (κ3) is 2.46. The summed E-state index contributed by atoms with van der Waals surface area (Å²) >= 11 is 0.